The Balaban J connectivity index is 1.24. The summed E-state index contributed by atoms with van der Waals surface area (Å²) in [4.78, 5) is 8.96. The Morgan fingerprint density at radius 3 is 0.829 bits per heavy atom. The molecule has 11 aromatic rings. The number of nitrogens with zero attached hydrogens (tertiary/aromatic N) is 4. The number of hydrogen-bond donors (Lipinski definition) is 0. The SMILES string of the molecule is CN(C)c1cc(-c2c3c(c(-c4cc(N(C)C)cc(N(C)C)c4)c4cc5ccccc5cc24)-c2ccc4c5c(ccc-3c25)-c2c-4c(-c3ccccc3)c3ccccc3c2-c2ccccc2)cc(N(C)C)c1. The van der Waals surface area contributed by atoms with Crippen molar-refractivity contribution in [1.29, 1.82) is 0 Å². The van der Waals surface area contributed by atoms with Crippen LogP contribution in [0.4, 0.5) is 22.7 Å². The molecule has 0 amide bonds. The minimum Gasteiger partial charge on any atom is -0.378 e. The molecule has 2 aliphatic rings. The minimum absolute atomic E-state index is 1.17. The molecule has 0 spiro atoms. The largest absolute Gasteiger partial charge is 0.378 e. The van der Waals surface area contributed by atoms with Crippen LogP contribution in [0.3, 0.4) is 0 Å². The molecule has 0 bridgehead atoms. The summed E-state index contributed by atoms with van der Waals surface area (Å²) in [7, 11) is 17.2. The Hall–Kier alpha value is -8.34. The lowest BCUT2D eigenvalue weighted by molar-refractivity contribution is 1.10. The van der Waals surface area contributed by atoms with E-state index < -0.39 is 0 Å². The van der Waals surface area contributed by atoms with Gasteiger partial charge in [-0.25, -0.2) is 0 Å². The van der Waals surface area contributed by atoms with Crippen LogP contribution in [-0.2, 0) is 0 Å². The van der Waals surface area contributed by atoms with Gasteiger partial charge in [0.15, 0.2) is 0 Å². The van der Waals surface area contributed by atoms with Gasteiger partial charge in [0.1, 0.15) is 0 Å². The van der Waals surface area contributed by atoms with E-state index in [1.807, 2.05) is 0 Å². The van der Waals surface area contributed by atoms with E-state index in [1.165, 1.54) is 155 Å². The number of fused-ring (bicyclic) bond motifs is 9. The van der Waals surface area contributed by atoms with Crippen molar-refractivity contribution in [2.45, 2.75) is 0 Å². The molecule has 0 atom stereocenters. The van der Waals surface area contributed by atoms with Crippen LogP contribution >= 0.6 is 0 Å². The maximum atomic E-state index is 2.47. The van der Waals surface area contributed by atoms with E-state index in [1.54, 1.807) is 0 Å². The molecule has 0 saturated heterocycles. The molecule has 4 heteroatoms. The predicted molar refractivity (Wildman–Crippen MR) is 304 cm³/mol. The number of hydrogen-bond acceptors (Lipinski definition) is 4. The van der Waals surface area contributed by atoms with Crippen molar-refractivity contribution >= 4 is 65.8 Å². The Kier molecular flexibility index (Phi) is 9.32. The molecule has 70 heavy (non-hydrogen) atoms. The first kappa shape index (κ1) is 41.8. The van der Waals surface area contributed by atoms with Crippen LogP contribution in [0.15, 0.2) is 182 Å². The van der Waals surface area contributed by atoms with E-state index in [0.717, 1.165) is 0 Å². The van der Waals surface area contributed by atoms with E-state index in [2.05, 4.69) is 258 Å². The highest BCUT2D eigenvalue weighted by atomic mass is 15.1. The molecule has 0 fully saturated rings. The molecule has 0 N–H and O–H groups in total. The van der Waals surface area contributed by atoms with Gasteiger partial charge in [0.05, 0.1) is 0 Å². The Labute approximate surface area is 410 Å². The molecule has 0 heterocycles. The highest BCUT2D eigenvalue weighted by Crippen LogP contribution is 2.65. The number of rotatable bonds is 8. The molecule has 2 aliphatic carbocycles. The summed E-state index contributed by atoms with van der Waals surface area (Å²) in [5, 5.41) is 10.2. The van der Waals surface area contributed by atoms with Gasteiger partial charge in [0.2, 0.25) is 0 Å². The van der Waals surface area contributed by atoms with Gasteiger partial charge in [0.25, 0.3) is 0 Å². The zero-order chi connectivity index (χ0) is 47.7. The van der Waals surface area contributed by atoms with Gasteiger partial charge >= 0.3 is 0 Å². The monoisotopic (exact) mass is 902 g/mol. The number of benzene rings is 11. The minimum atomic E-state index is 1.17. The van der Waals surface area contributed by atoms with Gasteiger partial charge < -0.3 is 19.6 Å². The second-order valence-electron chi connectivity index (χ2n) is 20.1. The van der Waals surface area contributed by atoms with E-state index in [0.29, 0.717) is 0 Å². The highest BCUT2D eigenvalue weighted by Gasteiger charge is 2.37. The second kappa shape index (κ2) is 15.6. The summed E-state index contributed by atoms with van der Waals surface area (Å²) in [6, 6.07) is 69.2. The van der Waals surface area contributed by atoms with Crippen molar-refractivity contribution in [3.63, 3.8) is 0 Å². The van der Waals surface area contributed by atoms with Crippen molar-refractivity contribution in [3.8, 4) is 89.0 Å². The normalized spacial score (nSPS) is 12.0. The second-order valence-corrected chi connectivity index (χ2v) is 20.1. The van der Waals surface area contributed by atoms with Gasteiger partial charge in [0, 0.05) is 79.1 Å². The van der Waals surface area contributed by atoms with E-state index >= 15 is 0 Å². The zero-order valence-corrected chi connectivity index (χ0v) is 41.1. The molecule has 0 saturated carbocycles. The smallest absolute Gasteiger partial charge is 0.0388 e. The lowest BCUT2D eigenvalue weighted by atomic mass is 9.81. The lowest BCUT2D eigenvalue weighted by Gasteiger charge is -2.25. The summed E-state index contributed by atoms with van der Waals surface area (Å²) >= 11 is 0. The molecule has 338 valence electrons. The fourth-order valence-corrected chi connectivity index (χ4v) is 11.9. The van der Waals surface area contributed by atoms with Crippen molar-refractivity contribution in [2.75, 3.05) is 76.0 Å². The van der Waals surface area contributed by atoms with Gasteiger partial charge in [-0.05, 0) is 181 Å². The maximum Gasteiger partial charge on any atom is 0.0388 e. The van der Waals surface area contributed by atoms with Gasteiger partial charge in [-0.1, -0.05) is 133 Å². The van der Waals surface area contributed by atoms with Crippen LogP contribution in [0.5, 0.6) is 0 Å². The van der Waals surface area contributed by atoms with E-state index in [4.69, 9.17) is 0 Å². The molecule has 0 aromatic heterocycles. The Morgan fingerprint density at radius 2 is 0.514 bits per heavy atom. The van der Waals surface area contributed by atoms with Crippen LogP contribution in [-0.4, -0.2) is 56.4 Å². The third kappa shape index (κ3) is 6.09. The molecule has 4 nitrogen and oxygen atoms in total. The number of anilines is 4. The highest BCUT2D eigenvalue weighted by molar-refractivity contribution is 6.35. The van der Waals surface area contributed by atoms with Crippen molar-refractivity contribution in [2.24, 2.45) is 0 Å². The molecule has 0 unspecified atom stereocenters. The van der Waals surface area contributed by atoms with Crippen molar-refractivity contribution < 1.29 is 0 Å². The first-order chi connectivity index (χ1) is 34.0. The summed E-state index contributed by atoms with van der Waals surface area (Å²) in [6.45, 7) is 0. The molecular formula is C66H54N4. The van der Waals surface area contributed by atoms with E-state index in [9.17, 15) is 0 Å². The predicted octanol–water partition coefficient (Wildman–Crippen LogP) is 16.5. The van der Waals surface area contributed by atoms with Gasteiger partial charge in [-0.3, -0.25) is 0 Å². The first-order valence-corrected chi connectivity index (χ1v) is 24.4. The van der Waals surface area contributed by atoms with Crippen molar-refractivity contribution in [3.05, 3.63) is 182 Å². The van der Waals surface area contributed by atoms with Crippen LogP contribution < -0.4 is 19.6 Å². The van der Waals surface area contributed by atoms with Gasteiger partial charge in [-0.2, -0.15) is 0 Å². The van der Waals surface area contributed by atoms with Crippen LogP contribution in [0, 0.1) is 0 Å². The van der Waals surface area contributed by atoms with Crippen molar-refractivity contribution in [1.82, 2.24) is 0 Å². The average molecular weight is 903 g/mol. The summed E-state index contributed by atoms with van der Waals surface area (Å²) in [5.74, 6) is 0. The standard InChI is InChI=1S/C66H54N4/c1-67(2)45-31-43(32-46(37-45)68(3)4)59-55-35-41-23-15-16-24-42(41)36-56(55)60(44-33-47(69(5)6)38-48(34-44)70(7)8)66-54-30-28-52-61-51(27-29-53(62(54)61)65(59)66)63-57(39-19-11-9-12-20-39)49-25-17-18-26-50(49)58(64(52)63)40-21-13-10-14-22-40/h9-38H,1-8H3. The third-order valence-electron chi connectivity index (χ3n) is 15.2. The Bertz CT molecular complexity index is 3690. The summed E-state index contributed by atoms with van der Waals surface area (Å²) < 4.78 is 0. The molecular weight excluding hydrogens is 849 g/mol. The topological polar surface area (TPSA) is 13.0 Å². The molecule has 13 rings (SSSR count). The summed E-state index contributed by atoms with van der Waals surface area (Å²) in [5.41, 5.74) is 25.1. The quantitative estimate of drug-likeness (QED) is 0.141. The first-order valence-electron chi connectivity index (χ1n) is 24.4. The lowest BCUT2D eigenvalue weighted by Crippen LogP contribution is -2.13. The van der Waals surface area contributed by atoms with Crippen LogP contribution in [0.25, 0.3) is 132 Å². The summed E-state index contributed by atoms with van der Waals surface area (Å²) in [6.07, 6.45) is 0. The average Bonchev–Trinajstić information content (AvgIpc) is 3.89. The Morgan fingerprint density at radius 1 is 0.229 bits per heavy atom. The van der Waals surface area contributed by atoms with Crippen LogP contribution in [0.1, 0.15) is 0 Å². The molecule has 0 aliphatic heterocycles. The third-order valence-corrected chi connectivity index (χ3v) is 15.2. The van der Waals surface area contributed by atoms with Crippen LogP contribution in [0.2, 0.25) is 0 Å². The molecule has 0 radical (unpaired) electrons. The molecule has 11 aromatic carbocycles. The zero-order valence-electron chi connectivity index (χ0n) is 41.1. The fourth-order valence-electron chi connectivity index (χ4n) is 11.9. The van der Waals surface area contributed by atoms with Gasteiger partial charge in [-0.15, -0.1) is 0 Å². The maximum absolute atomic E-state index is 2.47. The van der Waals surface area contributed by atoms with E-state index in [-0.39, 0.29) is 0 Å². The fraction of sp³-hybridized carbons (Fsp3) is 0.121.